The molecule has 0 heterocycles. The third kappa shape index (κ3) is 2.34. The molecule has 0 aliphatic heterocycles. The van der Waals surface area contributed by atoms with E-state index in [2.05, 4.69) is 67.7 Å². The fraction of sp³-hybridized carbons (Fsp3) is 1.00. The van der Waals surface area contributed by atoms with Gasteiger partial charge in [-0.15, -0.1) is 0 Å². The fourth-order valence-corrected chi connectivity index (χ4v) is 4.94. The van der Waals surface area contributed by atoms with Crippen molar-refractivity contribution >= 4 is 0 Å². The van der Waals surface area contributed by atoms with Crippen LogP contribution in [0.4, 0.5) is 0 Å². The maximum Gasteiger partial charge on any atom is 0.0427 e. The highest BCUT2D eigenvalue weighted by Crippen LogP contribution is 2.54. The van der Waals surface area contributed by atoms with E-state index in [0.29, 0.717) is 23.7 Å². The second kappa shape index (κ2) is 6.38. The zero-order chi connectivity index (χ0) is 14.7. The predicted octanol–water partition coefficient (Wildman–Crippen LogP) is 4.21. The highest BCUT2D eigenvalue weighted by Gasteiger charge is 2.56. The number of nitrogens with two attached hydrogens (primary N) is 1. The van der Waals surface area contributed by atoms with Crippen LogP contribution in [0, 0.1) is 29.1 Å². The van der Waals surface area contributed by atoms with E-state index in [1.165, 1.54) is 0 Å². The summed E-state index contributed by atoms with van der Waals surface area (Å²) in [6.45, 7) is 20.9. The largest absolute Gasteiger partial charge is 0.271 e. The molecule has 0 aromatic heterocycles. The minimum absolute atomic E-state index is 0.0237. The zero-order valence-electron chi connectivity index (χ0n) is 14.1. The molecule has 2 nitrogen and oxygen atoms in total. The number of hydrogen-bond donors (Lipinski definition) is 2. The minimum Gasteiger partial charge on any atom is -0.271 e. The molecule has 0 fully saturated rings. The number of hydrogen-bond acceptors (Lipinski definition) is 2. The molecular formula is C16H36N2. The van der Waals surface area contributed by atoms with Crippen molar-refractivity contribution in [3.8, 4) is 0 Å². The lowest BCUT2D eigenvalue weighted by Crippen LogP contribution is -2.70. The summed E-state index contributed by atoms with van der Waals surface area (Å²) in [4.78, 5) is 0. The van der Waals surface area contributed by atoms with Crippen molar-refractivity contribution in [1.82, 2.24) is 5.43 Å². The Morgan fingerprint density at radius 1 is 0.778 bits per heavy atom. The summed E-state index contributed by atoms with van der Waals surface area (Å²) in [6.07, 6.45) is 1.16. The zero-order valence-corrected chi connectivity index (χ0v) is 14.1. The van der Waals surface area contributed by atoms with Gasteiger partial charge in [0.15, 0.2) is 0 Å². The molecule has 18 heavy (non-hydrogen) atoms. The molecule has 0 amide bonds. The van der Waals surface area contributed by atoms with Gasteiger partial charge in [0.1, 0.15) is 0 Å². The van der Waals surface area contributed by atoms with Crippen molar-refractivity contribution in [2.75, 3.05) is 0 Å². The normalized spacial score (nSPS) is 14.3. The third-order valence-corrected chi connectivity index (χ3v) is 5.48. The number of nitrogens with one attached hydrogen (secondary N) is 1. The first-order chi connectivity index (χ1) is 8.14. The van der Waals surface area contributed by atoms with Crippen molar-refractivity contribution in [2.24, 2.45) is 34.9 Å². The Kier molecular flexibility index (Phi) is 6.35. The second-order valence-corrected chi connectivity index (χ2v) is 7.03. The first-order valence-electron chi connectivity index (χ1n) is 7.62. The molecule has 0 spiro atoms. The van der Waals surface area contributed by atoms with E-state index in [1.807, 2.05) is 0 Å². The SMILES string of the molecule is CCC(C(C)C)(C(C)C)C(NN)(C(C)C)C(C)C. The minimum atomic E-state index is -0.0237. The Morgan fingerprint density at radius 3 is 1.17 bits per heavy atom. The smallest absolute Gasteiger partial charge is 0.0427 e. The first kappa shape index (κ1) is 17.9. The molecule has 2 heteroatoms. The van der Waals surface area contributed by atoms with Gasteiger partial charge < -0.3 is 0 Å². The molecule has 0 radical (unpaired) electrons. The van der Waals surface area contributed by atoms with E-state index in [4.69, 9.17) is 5.84 Å². The fourth-order valence-electron chi connectivity index (χ4n) is 4.94. The molecule has 0 aromatic rings. The van der Waals surface area contributed by atoms with Gasteiger partial charge in [-0.3, -0.25) is 11.3 Å². The predicted molar refractivity (Wildman–Crippen MR) is 82.1 cm³/mol. The Hall–Kier alpha value is -0.0800. The van der Waals surface area contributed by atoms with E-state index in [-0.39, 0.29) is 11.0 Å². The van der Waals surface area contributed by atoms with Crippen LogP contribution < -0.4 is 11.3 Å². The second-order valence-electron chi connectivity index (χ2n) is 7.03. The molecular weight excluding hydrogens is 220 g/mol. The van der Waals surface area contributed by atoms with Crippen LogP contribution in [0.25, 0.3) is 0 Å². The summed E-state index contributed by atoms with van der Waals surface area (Å²) in [5, 5.41) is 0. The molecule has 0 aromatic carbocycles. The number of hydrazine groups is 1. The summed E-state index contributed by atoms with van der Waals surface area (Å²) in [7, 11) is 0. The molecule has 0 aliphatic rings. The average molecular weight is 256 g/mol. The van der Waals surface area contributed by atoms with Crippen LogP contribution in [0.2, 0.25) is 0 Å². The molecule has 0 atom stereocenters. The molecule has 0 unspecified atom stereocenters. The van der Waals surface area contributed by atoms with Crippen LogP contribution >= 0.6 is 0 Å². The number of rotatable bonds is 7. The molecule has 0 saturated carbocycles. The Bertz CT molecular complexity index is 199. The lowest BCUT2D eigenvalue weighted by molar-refractivity contribution is -0.0761. The van der Waals surface area contributed by atoms with Gasteiger partial charge in [0.05, 0.1) is 0 Å². The topological polar surface area (TPSA) is 38.0 Å². The van der Waals surface area contributed by atoms with Gasteiger partial charge in [0.25, 0.3) is 0 Å². The molecule has 110 valence electrons. The van der Waals surface area contributed by atoms with Crippen molar-refractivity contribution in [3.63, 3.8) is 0 Å². The Labute approximate surface area is 115 Å². The van der Waals surface area contributed by atoms with Crippen LogP contribution in [0.3, 0.4) is 0 Å². The maximum absolute atomic E-state index is 6.10. The van der Waals surface area contributed by atoms with E-state index < -0.39 is 0 Å². The molecule has 3 N–H and O–H groups in total. The van der Waals surface area contributed by atoms with Crippen molar-refractivity contribution in [2.45, 2.75) is 74.3 Å². The van der Waals surface area contributed by atoms with Crippen LogP contribution in [-0.2, 0) is 0 Å². The van der Waals surface area contributed by atoms with Crippen LogP contribution in [0.5, 0.6) is 0 Å². The lowest BCUT2D eigenvalue weighted by atomic mass is 9.49. The Morgan fingerprint density at radius 2 is 1.11 bits per heavy atom. The van der Waals surface area contributed by atoms with Gasteiger partial charge in [-0.2, -0.15) is 0 Å². The van der Waals surface area contributed by atoms with E-state index >= 15 is 0 Å². The van der Waals surface area contributed by atoms with Gasteiger partial charge in [-0.25, -0.2) is 0 Å². The van der Waals surface area contributed by atoms with Crippen molar-refractivity contribution in [3.05, 3.63) is 0 Å². The van der Waals surface area contributed by atoms with E-state index in [0.717, 1.165) is 6.42 Å². The summed E-state index contributed by atoms with van der Waals surface area (Å²) in [5.74, 6) is 8.31. The highest BCUT2D eigenvalue weighted by molar-refractivity contribution is 5.09. The maximum atomic E-state index is 6.10. The molecule has 0 rings (SSSR count). The summed E-state index contributed by atoms with van der Waals surface area (Å²) >= 11 is 0. The molecule has 0 bridgehead atoms. The molecule has 0 saturated heterocycles. The summed E-state index contributed by atoms with van der Waals surface area (Å²) < 4.78 is 0. The van der Waals surface area contributed by atoms with E-state index in [9.17, 15) is 0 Å². The van der Waals surface area contributed by atoms with Gasteiger partial charge in [0, 0.05) is 5.54 Å². The lowest BCUT2D eigenvalue weighted by Gasteiger charge is -2.60. The quantitative estimate of drug-likeness (QED) is 0.529. The first-order valence-corrected chi connectivity index (χ1v) is 7.62. The summed E-state index contributed by atoms with van der Waals surface area (Å²) in [5.41, 5.74) is 3.46. The monoisotopic (exact) mass is 256 g/mol. The van der Waals surface area contributed by atoms with Crippen LogP contribution in [-0.4, -0.2) is 5.54 Å². The highest BCUT2D eigenvalue weighted by atomic mass is 15.3. The van der Waals surface area contributed by atoms with Crippen molar-refractivity contribution < 1.29 is 0 Å². The Balaban J connectivity index is 6.09. The third-order valence-electron chi connectivity index (χ3n) is 5.48. The average Bonchev–Trinajstić information content (AvgIpc) is 2.23. The van der Waals surface area contributed by atoms with E-state index in [1.54, 1.807) is 0 Å². The van der Waals surface area contributed by atoms with Gasteiger partial charge in [-0.1, -0.05) is 62.3 Å². The van der Waals surface area contributed by atoms with Crippen LogP contribution in [0.1, 0.15) is 68.7 Å². The molecule has 0 aliphatic carbocycles. The van der Waals surface area contributed by atoms with Gasteiger partial charge in [-0.05, 0) is 35.5 Å². The van der Waals surface area contributed by atoms with Gasteiger partial charge in [0.2, 0.25) is 0 Å². The van der Waals surface area contributed by atoms with Crippen molar-refractivity contribution in [1.29, 1.82) is 0 Å². The van der Waals surface area contributed by atoms with Crippen LogP contribution in [0.15, 0.2) is 0 Å². The summed E-state index contributed by atoms with van der Waals surface area (Å²) in [6, 6.07) is 0. The van der Waals surface area contributed by atoms with Gasteiger partial charge >= 0.3 is 0 Å². The standard InChI is InChI=1S/C16H36N2/c1-10-15(11(2)3,12(4)5)16(18-17,13(6)7)14(8)9/h11-14,18H,10,17H2,1-9H3.